The van der Waals surface area contributed by atoms with Crippen LogP contribution < -0.4 is 0 Å². The van der Waals surface area contributed by atoms with E-state index in [2.05, 4.69) is 0 Å². The van der Waals surface area contributed by atoms with Crippen LogP contribution in [0, 0.1) is 17.0 Å². The standard InChI is InChI=1S/C17H12N2O6S2/c1-9-2-3-10(19(23)24)6-12(9)13-5-4-11(25-13)7-14-16(22)18(8-15(20)21)17(26)27-14/h2-7H,8H2,1H3,(H,20,21)/b14-7+. The number of rotatable bonds is 5. The van der Waals surface area contributed by atoms with E-state index in [1.54, 1.807) is 25.1 Å². The predicted molar refractivity (Wildman–Crippen MR) is 103 cm³/mol. The summed E-state index contributed by atoms with van der Waals surface area (Å²) in [5, 5.41) is 19.8. The minimum Gasteiger partial charge on any atom is -0.480 e. The first kappa shape index (κ1) is 18.8. The SMILES string of the molecule is Cc1ccc([N+](=O)[O-])cc1-c1ccc(/C=C2/SC(=S)N(CC(=O)O)C2=O)o1. The van der Waals surface area contributed by atoms with Crippen molar-refractivity contribution in [2.24, 2.45) is 0 Å². The van der Waals surface area contributed by atoms with E-state index in [9.17, 15) is 19.7 Å². The summed E-state index contributed by atoms with van der Waals surface area (Å²) >= 11 is 6.03. The Labute approximate surface area is 162 Å². The molecule has 0 spiro atoms. The quantitative estimate of drug-likeness (QED) is 0.349. The van der Waals surface area contributed by atoms with Crippen LogP contribution in [-0.2, 0) is 9.59 Å². The topological polar surface area (TPSA) is 114 Å². The van der Waals surface area contributed by atoms with Gasteiger partial charge in [-0.3, -0.25) is 24.6 Å². The highest BCUT2D eigenvalue weighted by Gasteiger charge is 2.33. The predicted octanol–water partition coefficient (Wildman–Crippen LogP) is 3.45. The number of furan rings is 1. The third-order valence-corrected chi connectivity index (χ3v) is 5.14. The number of amides is 1. The average Bonchev–Trinajstić information content (AvgIpc) is 3.15. The summed E-state index contributed by atoms with van der Waals surface area (Å²) in [6.45, 7) is 1.30. The van der Waals surface area contributed by atoms with E-state index >= 15 is 0 Å². The summed E-state index contributed by atoms with van der Waals surface area (Å²) in [5.41, 5.74) is 1.32. The molecule has 0 unspecified atom stereocenters. The van der Waals surface area contributed by atoms with E-state index in [1.807, 2.05) is 0 Å². The second-order valence-corrected chi connectivity index (χ2v) is 7.30. The van der Waals surface area contributed by atoms with Crippen LogP contribution in [0.1, 0.15) is 11.3 Å². The maximum Gasteiger partial charge on any atom is 0.323 e. The minimum absolute atomic E-state index is 0.0527. The maximum absolute atomic E-state index is 12.3. The number of carbonyl (C=O) groups excluding carboxylic acids is 1. The Morgan fingerprint density at radius 2 is 2.15 bits per heavy atom. The molecule has 1 aliphatic heterocycles. The first-order chi connectivity index (χ1) is 12.8. The van der Waals surface area contributed by atoms with Crippen molar-refractivity contribution >= 4 is 51.9 Å². The lowest BCUT2D eigenvalue weighted by Gasteiger charge is -2.09. The average molecular weight is 404 g/mol. The minimum atomic E-state index is -1.16. The molecule has 1 amide bonds. The summed E-state index contributed by atoms with van der Waals surface area (Å²) in [6.07, 6.45) is 1.47. The molecule has 1 saturated heterocycles. The van der Waals surface area contributed by atoms with Crippen molar-refractivity contribution in [3.63, 3.8) is 0 Å². The molecular weight excluding hydrogens is 392 g/mol. The van der Waals surface area contributed by atoms with Gasteiger partial charge in [0.15, 0.2) is 0 Å². The molecular formula is C17H12N2O6S2. The Morgan fingerprint density at radius 1 is 1.41 bits per heavy atom. The van der Waals surface area contributed by atoms with E-state index < -0.39 is 23.3 Å². The van der Waals surface area contributed by atoms with Gasteiger partial charge >= 0.3 is 5.97 Å². The van der Waals surface area contributed by atoms with Gasteiger partial charge in [0.05, 0.1) is 9.83 Å². The highest BCUT2D eigenvalue weighted by Crippen LogP contribution is 2.34. The Hall–Kier alpha value is -2.98. The fourth-order valence-corrected chi connectivity index (χ4v) is 3.70. The van der Waals surface area contributed by atoms with Crippen LogP contribution in [0.3, 0.4) is 0 Å². The van der Waals surface area contributed by atoms with Crippen LogP contribution in [0.4, 0.5) is 5.69 Å². The van der Waals surface area contributed by atoms with Crippen molar-refractivity contribution in [1.82, 2.24) is 4.90 Å². The van der Waals surface area contributed by atoms with Gasteiger partial charge in [-0.2, -0.15) is 0 Å². The number of hydrogen-bond acceptors (Lipinski definition) is 7. The zero-order valence-corrected chi connectivity index (χ0v) is 15.5. The number of aryl methyl sites for hydroxylation is 1. The van der Waals surface area contributed by atoms with Crippen LogP contribution in [0.2, 0.25) is 0 Å². The number of carboxylic acids is 1. The molecule has 138 valence electrons. The Morgan fingerprint density at radius 3 is 2.81 bits per heavy atom. The number of aliphatic carboxylic acids is 1. The highest BCUT2D eigenvalue weighted by atomic mass is 32.2. The van der Waals surface area contributed by atoms with Crippen molar-refractivity contribution in [1.29, 1.82) is 0 Å². The normalized spacial score (nSPS) is 15.6. The number of thiocarbonyl (C=S) groups is 1. The van der Waals surface area contributed by atoms with Crippen molar-refractivity contribution in [3.05, 3.63) is 56.7 Å². The van der Waals surface area contributed by atoms with Crippen LogP contribution in [0.15, 0.2) is 39.7 Å². The smallest absolute Gasteiger partial charge is 0.323 e. The largest absolute Gasteiger partial charge is 0.480 e. The van der Waals surface area contributed by atoms with Gasteiger partial charge in [-0.15, -0.1) is 0 Å². The van der Waals surface area contributed by atoms with E-state index in [4.69, 9.17) is 21.7 Å². The van der Waals surface area contributed by atoms with Crippen molar-refractivity contribution in [2.75, 3.05) is 6.54 Å². The lowest BCUT2D eigenvalue weighted by Crippen LogP contribution is -2.33. The van der Waals surface area contributed by atoms with Gasteiger partial charge in [-0.05, 0) is 24.6 Å². The molecule has 0 saturated carbocycles. The first-order valence-electron chi connectivity index (χ1n) is 7.58. The molecule has 1 aromatic carbocycles. The summed E-state index contributed by atoms with van der Waals surface area (Å²) < 4.78 is 5.87. The van der Waals surface area contributed by atoms with Crippen molar-refractivity contribution in [3.8, 4) is 11.3 Å². The Bertz CT molecular complexity index is 1010. The number of nitro groups is 1. The molecule has 3 rings (SSSR count). The maximum atomic E-state index is 12.3. The molecule has 27 heavy (non-hydrogen) atoms. The second-order valence-electron chi connectivity index (χ2n) is 5.62. The first-order valence-corrected chi connectivity index (χ1v) is 8.81. The number of thioether (sulfide) groups is 1. The lowest BCUT2D eigenvalue weighted by atomic mass is 10.1. The molecule has 0 radical (unpaired) electrons. The molecule has 0 aliphatic carbocycles. The van der Waals surface area contributed by atoms with Gasteiger partial charge in [0.1, 0.15) is 22.4 Å². The Balaban J connectivity index is 1.89. The molecule has 0 atom stereocenters. The molecule has 0 bridgehead atoms. The molecule has 1 N–H and O–H groups in total. The number of carbonyl (C=O) groups is 2. The van der Waals surface area contributed by atoms with E-state index in [-0.39, 0.29) is 14.9 Å². The molecule has 2 aromatic rings. The summed E-state index contributed by atoms with van der Waals surface area (Å²) in [7, 11) is 0. The molecule has 10 heteroatoms. The third-order valence-electron chi connectivity index (χ3n) is 3.76. The molecule has 1 aromatic heterocycles. The monoisotopic (exact) mass is 404 g/mol. The molecule has 8 nitrogen and oxygen atoms in total. The van der Waals surface area contributed by atoms with Crippen LogP contribution in [0.25, 0.3) is 17.4 Å². The number of hydrogen-bond donors (Lipinski definition) is 1. The van der Waals surface area contributed by atoms with E-state index in [1.165, 1.54) is 18.2 Å². The molecule has 2 heterocycles. The Kier molecular flexibility index (Phi) is 5.10. The van der Waals surface area contributed by atoms with E-state index in [0.717, 1.165) is 22.2 Å². The number of benzene rings is 1. The van der Waals surface area contributed by atoms with Gasteiger partial charge < -0.3 is 9.52 Å². The van der Waals surface area contributed by atoms with Gasteiger partial charge in [-0.1, -0.05) is 30.0 Å². The number of non-ortho nitro benzene ring substituents is 1. The van der Waals surface area contributed by atoms with Crippen LogP contribution in [-0.4, -0.2) is 37.7 Å². The molecule has 1 aliphatic rings. The third kappa shape index (κ3) is 3.91. The zero-order chi connectivity index (χ0) is 19.7. The van der Waals surface area contributed by atoms with Gasteiger partial charge in [0.25, 0.3) is 11.6 Å². The number of carboxylic acid groups (broad SMARTS) is 1. The zero-order valence-electron chi connectivity index (χ0n) is 13.9. The number of nitro benzene ring substituents is 1. The summed E-state index contributed by atoms with van der Waals surface area (Å²) in [4.78, 5) is 34.8. The van der Waals surface area contributed by atoms with Crippen LogP contribution >= 0.6 is 24.0 Å². The summed E-state index contributed by atoms with van der Waals surface area (Å²) in [6, 6.07) is 7.74. The van der Waals surface area contributed by atoms with Gasteiger partial charge in [-0.25, -0.2) is 0 Å². The van der Waals surface area contributed by atoms with E-state index in [0.29, 0.717) is 17.1 Å². The summed E-state index contributed by atoms with van der Waals surface area (Å²) in [5.74, 6) is -0.888. The van der Waals surface area contributed by atoms with Crippen LogP contribution in [0.5, 0.6) is 0 Å². The fraction of sp³-hybridized carbons (Fsp3) is 0.118. The second kappa shape index (κ2) is 7.33. The van der Waals surface area contributed by atoms with Crippen molar-refractivity contribution in [2.45, 2.75) is 6.92 Å². The molecule has 1 fully saturated rings. The van der Waals surface area contributed by atoms with Crippen molar-refractivity contribution < 1.29 is 24.0 Å². The highest BCUT2D eigenvalue weighted by molar-refractivity contribution is 8.26. The fourth-order valence-electron chi connectivity index (χ4n) is 2.46. The number of nitrogens with zero attached hydrogens (tertiary/aromatic N) is 2. The van der Waals surface area contributed by atoms with Gasteiger partial charge in [0.2, 0.25) is 0 Å². The van der Waals surface area contributed by atoms with Gasteiger partial charge in [0, 0.05) is 23.8 Å². The lowest BCUT2D eigenvalue weighted by molar-refractivity contribution is -0.384.